The summed E-state index contributed by atoms with van der Waals surface area (Å²) in [7, 11) is 1.27. The fourth-order valence-electron chi connectivity index (χ4n) is 1.98. The van der Waals surface area contributed by atoms with Crippen molar-refractivity contribution in [3.8, 4) is 0 Å². The van der Waals surface area contributed by atoms with Crippen LogP contribution in [0.25, 0.3) is 0 Å². The molecule has 2 rings (SSSR count). The lowest BCUT2D eigenvalue weighted by Gasteiger charge is -2.25. The second kappa shape index (κ2) is 7.96. The third-order valence-corrected chi connectivity index (χ3v) is 3.71. The number of nitrogens with zero attached hydrogens (tertiary/aromatic N) is 2. The summed E-state index contributed by atoms with van der Waals surface area (Å²) >= 11 is 3.36. The first-order valence-corrected chi connectivity index (χ1v) is 8.06. The Labute approximate surface area is 148 Å². The number of oxazole rings is 1. The molecule has 1 heterocycles. The minimum Gasteiger partial charge on any atom is -0.464 e. The highest BCUT2D eigenvalue weighted by Crippen LogP contribution is 2.17. The van der Waals surface area contributed by atoms with Gasteiger partial charge in [0.2, 0.25) is 5.89 Å². The van der Waals surface area contributed by atoms with Crippen LogP contribution < -0.4 is 5.32 Å². The van der Waals surface area contributed by atoms with Crippen molar-refractivity contribution in [3.63, 3.8) is 0 Å². The van der Waals surface area contributed by atoms with Crippen molar-refractivity contribution in [2.45, 2.75) is 26.4 Å². The van der Waals surface area contributed by atoms with Crippen molar-refractivity contribution in [2.24, 2.45) is 0 Å². The molecule has 0 spiro atoms. The van der Waals surface area contributed by atoms with Gasteiger partial charge in [0.25, 0.3) is 0 Å². The number of urea groups is 1. The molecule has 2 aromatic rings. The lowest BCUT2D eigenvalue weighted by molar-refractivity contribution is 0.0594. The number of ether oxygens (including phenoxy) is 1. The van der Waals surface area contributed by atoms with Gasteiger partial charge in [-0.25, -0.2) is 14.6 Å². The van der Waals surface area contributed by atoms with Gasteiger partial charge in [-0.3, -0.25) is 0 Å². The molecule has 8 heteroatoms. The number of amides is 2. The summed E-state index contributed by atoms with van der Waals surface area (Å²) in [4.78, 5) is 29.5. The Hall–Kier alpha value is -2.35. The van der Waals surface area contributed by atoms with E-state index >= 15 is 0 Å². The monoisotopic (exact) mass is 395 g/mol. The van der Waals surface area contributed by atoms with Crippen LogP contribution in [0.2, 0.25) is 0 Å². The number of benzene rings is 1. The maximum absolute atomic E-state index is 12.5. The molecule has 7 nitrogen and oxygen atoms in total. The van der Waals surface area contributed by atoms with Crippen LogP contribution in [0.1, 0.15) is 30.2 Å². The molecule has 24 heavy (non-hydrogen) atoms. The highest BCUT2D eigenvalue weighted by Gasteiger charge is 2.21. The number of carbonyl (C=O) groups excluding carboxylic acids is 2. The van der Waals surface area contributed by atoms with E-state index in [0.717, 1.165) is 4.47 Å². The van der Waals surface area contributed by atoms with E-state index in [4.69, 9.17) is 4.42 Å². The third-order valence-electron chi connectivity index (χ3n) is 3.21. The average molecular weight is 396 g/mol. The molecule has 0 fully saturated rings. The van der Waals surface area contributed by atoms with Crippen LogP contribution in [0.3, 0.4) is 0 Å². The Morgan fingerprint density at radius 2 is 2.17 bits per heavy atom. The van der Waals surface area contributed by atoms with Crippen LogP contribution in [-0.4, -0.2) is 35.0 Å². The number of carbonyl (C=O) groups is 2. The Morgan fingerprint density at radius 3 is 2.79 bits per heavy atom. The van der Waals surface area contributed by atoms with E-state index in [9.17, 15) is 9.59 Å². The van der Waals surface area contributed by atoms with Crippen molar-refractivity contribution < 1.29 is 18.7 Å². The van der Waals surface area contributed by atoms with Gasteiger partial charge in [0.15, 0.2) is 5.69 Å². The molecule has 1 aromatic carbocycles. The zero-order valence-corrected chi connectivity index (χ0v) is 15.2. The van der Waals surface area contributed by atoms with E-state index in [1.165, 1.54) is 13.4 Å². The number of esters is 1. The van der Waals surface area contributed by atoms with Crippen molar-refractivity contribution in [3.05, 3.63) is 46.6 Å². The molecule has 0 atom stereocenters. The zero-order chi connectivity index (χ0) is 17.7. The minimum absolute atomic E-state index is 0.0728. The van der Waals surface area contributed by atoms with Gasteiger partial charge in [-0.05, 0) is 32.0 Å². The summed E-state index contributed by atoms with van der Waals surface area (Å²) in [5.74, 6) is -0.326. The molecule has 0 aliphatic carbocycles. The highest BCUT2D eigenvalue weighted by molar-refractivity contribution is 9.10. The molecule has 0 saturated carbocycles. The van der Waals surface area contributed by atoms with Gasteiger partial charge < -0.3 is 19.4 Å². The molecular formula is C16H18BrN3O4. The molecule has 0 radical (unpaired) electrons. The maximum Gasteiger partial charge on any atom is 0.360 e. The van der Waals surface area contributed by atoms with Crippen LogP contribution in [-0.2, 0) is 11.3 Å². The van der Waals surface area contributed by atoms with Crippen molar-refractivity contribution in [1.29, 1.82) is 0 Å². The SMILES string of the molecule is COC(=O)c1coc(CN(C(=O)Nc2cccc(Br)c2)C(C)C)n1. The van der Waals surface area contributed by atoms with Crippen LogP contribution in [0.5, 0.6) is 0 Å². The molecule has 2 amide bonds. The number of halogens is 1. The molecule has 0 aliphatic heterocycles. The predicted molar refractivity (Wildman–Crippen MR) is 91.7 cm³/mol. The number of aromatic nitrogens is 1. The summed E-state index contributed by atoms with van der Waals surface area (Å²) in [6.45, 7) is 3.89. The molecule has 0 saturated heterocycles. The second-order valence-corrected chi connectivity index (χ2v) is 6.20. The van der Waals surface area contributed by atoms with Crippen LogP contribution in [0.15, 0.2) is 39.4 Å². The van der Waals surface area contributed by atoms with Crippen molar-refractivity contribution in [1.82, 2.24) is 9.88 Å². The molecule has 0 aliphatic rings. The molecular weight excluding hydrogens is 378 g/mol. The number of anilines is 1. The first-order chi connectivity index (χ1) is 11.4. The van der Waals surface area contributed by atoms with Gasteiger partial charge >= 0.3 is 12.0 Å². The molecule has 1 N–H and O–H groups in total. The van der Waals surface area contributed by atoms with Gasteiger partial charge in [0.1, 0.15) is 6.26 Å². The number of nitrogens with one attached hydrogen (secondary N) is 1. The lowest BCUT2D eigenvalue weighted by Crippen LogP contribution is -2.39. The second-order valence-electron chi connectivity index (χ2n) is 5.28. The van der Waals surface area contributed by atoms with E-state index < -0.39 is 5.97 Å². The Bertz CT molecular complexity index is 730. The predicted octanol–water partition coefficient (Wildman–Crippen LogP) is 3.67. The van der Waals surface area contributed by atoms with E-state index in [-0.39, 0.29) is 30.2 Å². The Kier molecular flexibility index (Phi) is 5.97. The van der Waals surface area contributed by atoms with Crippen molar-refractivity contribution in [2.75, 3.05) is 12.4 Å². The van der Waals surface area contributed by atoms with E-state index in [2.05, 4.69) is 31.0 Å². The molecule has 0 unspecified atom stereocenters. The van der Waals surface area contributed by atoms with Gasteiger partial charge in [-0.2, -0.15) is 0 Å². The maximum atomic E-state index is 12.5. The molecule has 0 bridgehead atoms. The van der Waals surface area contributed by atoms with E-state index in [1.54, 1.807) is 17.0 Å². The van der Waals surface area contributed by atoms with Crippen molar-refractivity contribution >= 4 is 33.6 Å². The Balaban J connectivity index is 2.09. The van der Waals surface area contributed by atoms with Gasteiger partial charge in [-0.15, -0.1) is 0 Å². The van der Waals surface area contributed by atoms with E-state index in [1.807, 2.05) is 26.0 Å². The van der Waals surface area contributed by atoms with Gasteiger partial charge in [0, 0.05) is 16.2 Å². The summed E-state index contributed by atoms with van der Waals surface area (Å²) < 4.78 is 10.7. The van der Waals surface area contributed by atoms with Gasteiger partial charge in [0.05, 0.1) is 13.7 Å². The van der Waals surface area contributed by atoms with Crippen LogP contribution in [0, 0.1) is 0 Å². The highest BCUT2D eigenvalue weighted by atomic mass is 79.9. The fourth-order valence-corrected chi connectivity index (χ4v) is 2.38. The van der Waals surface area contributed by atoms with Gasteiger partial charge in [-0.1, -0.05) is 22.0 Å². The lowest BCUT2D eigenvalue weighted by atomic mass is 10.3. The average Bonchev–Trinajstić information content (AvgIpc) is 3.00. The molecule has 128 valence electrons. The standard InChI is InChI=1S/C16H18BrN3O4/c1-10(2)20(8-14-19-13(9-24-14)15(21)23-3)16(22)18-12-6-4-5-11(17)7-12/h4-7,9-10H,8H2,1-3H3,(H,18,22). The van der Waals surface area contributed by atoms with Crippen LogP contribution in [0.4, 0.5) is 10.5 Å². The normalized spacial score (nSPS) is 10.5. The Morgan fingerprint density at radius 1 is 1.42 bits per heavy atom. The minimum atomic E-state index is -0.584. The molecule has 1 aromatic heterocycles. The first-order valence-electron chi connectivity index (χ1n) is 7.26. The largest absolute Gasteiger partial charge is 0.464 e. The third kappa shape index (κ3) is 4.58. The van der Waals surface area contributed by atoms with Crippen LogP contribution >= 0.6 is 15.9 Å². The number of rotatable bonds is 5. The topological polar surface area (TPSA) is 84.7 Å². The first kappa shape index (κ1) is 18.0. The smallest absolute Gasteiger partial charge is 0.360 e. The number of methoxy groups -OCH3 is 1. The quantitative estimate of drug-likeness (QED) is 0.780. The fraction of sp³-hybridized carbons (Fsp3) is 0.312. The number of hydrogen-bond acceptors (Lipinski definition) is 5. The summed E-state index contributed by atoms with van der Waals surface area (Å²) in [6.07, 6.45) is 1.21. The summed E-state index contributed by atoms with van der Waals surface area (Å²) in [5, 5.41) is 2.82. The van der Waals surface area contributed by atoms with E-state index in [0.29, 0.717) is 5.69 Å². The summed E-state index contributed by atoms with van der Waals surface area (Å²) in [6, 6.07) is 6.91. The summed E-state index contributed by atoms with van der Waals surface area (Å²) in [5.41, 5.74) is 0.742. The zero-order valence-electron chi connectivity index (χ0n) is 13.6. The number of hydrogen-bond donors (Lipinski definition) is 1.